The molecule has 22 heavy (non-hydrogen) atoms. The fourth-order valence-electron chi connectivity index (χ4n) is 1.92. The van der Waals surface area contributed by atoms with Crippen LogP contribution in [-0.4, -0.2) is 6.21 Å². The topological polar surface area (TPSA) is 21.6 Å². The number of rotatable bonds is 5. The Bertz CT molecular complexity index is 633. The fourth-order valence-corrected chi connectivity index (χ4v) is 1.92. The molecule has 2 nitrogen and oxygen atoms in total. The van der Waals surface area contributed by atoms with Crippen LogP contribution >= 0.6 is 0 Å². The van der Waals surface area contributed by atoms with E-state index in [1.165, 1.54) is 12.1 Å². The van der Waals surface area contributed by atoms with Gasteiger partial charge < -0.3 is 4.84 Å². The summed E-state index contributed by atoms with van der Waals surface area (Å²) in [6.07, 6.45) is -0.673. The SMILES string of the molecule is CCc1ccccc1/[C]=N\OCc1ccc(C(F)(F)F)cc1. The van der Waals surface area contributed by atoms with Crippen molar-refractivity contribution in [3.63, 3.8) is 0 Å². The zero-order valence-corrected chi connectivity index (χ0v) is 12.0. The largest absolute Gasteiger partial charge is 0.416 e. The maximum absolute atomic E-state index is 12.4. The predicted molar refractivity (Wildman–Crippen MR) is 78.6 cm³/mol. The van der Waals surface area contributed by atoms with E-state index >= 15 is 0 Å². The van der Waals surface area contributed by atoms with Crippen molar-refractivity contribution in [2.24, 2.45) is 5.16 Å². The minimum Gasteiger partial charge on any atom is -0.390 e. The van der Waals surface area contributed by atoms with Gasteiger partial charge in [-0.25, -0.2) is 0 Å². The highest BCUT2D eigenvalue weighted by Gasteiger charge is 2.29. The molecule has 0 aromatic heterocycles. The highest BCUT2D eigenvalue weighted by molar-refractivity contribution is 5.81. The molecule has 0 fully saturated rings. The number of aryl methyl sites for hydroxylation is 1. The quantitative estimate of drug-likeness (QED) is 0.580. The Labute approximate surface area is 127 Å². The second kappa shape index (κ2) is 7.11. The van der Waals surface area contributed by atoms with Gasteiger partial charge >= 0.3 is 6.18 Å². The van der Waals surface area contributed by atoms with E-state index in [2.05, 4.69) is 11.4 Å². The average molecular weight is 306 g/mol. The predicted octanol–water partition coefficient (Wildman–Crippen LogP) is 4.70. The molecule has 115 valence electrons. The molecule has 0 unspecified atom stereocenters. The van der Waals surface area contributed by atoms with Gasteiger partial charge in [0.05, 0.1) is 5.56 Å². The number of alkyl halides is 3. The van der Waals surface area contributed by atoms with Gasteiger partial charge in [-0.3, -0.25) is 0 Å². The van der Waals surface area contributed by atoms with Crippen LogP contribution in [-0.2, 0) is 24.0 Å². The Morgan fingerprint density at radius 1 is 1.05 bits per heavy atom. The summed E-state index contributed by atoms with van der Waals surface area (Å²) < 4.78 is 37.3. The molecule has 0 amide bonds. The van der Waals surface area contributed by atoms with Gasteiger partial charge in [0.25, 0.3) is 0 Å². The molecule has 0 bridgehead atoms. The molecule has 0 aliphatic carbocycles. The molecule has 2 aromatic carbocycles. The van der Waals surface area contributed by atoms with Crippen LogP contribution < -0.4 is 0 Å². The van der Waals surface area contributed by atoms with E-state index in [9.17, 15) is 13.2 Å². The maximum Gasteiger partial charge on any atom is 0.416 e. The summed E-state index contributed by atoms with van der Waals surface area (Å²) in [7, 11) is 0. The van der Waals surface area contributed by atoms with E-state index in [1.54, 1.807) is 0 Å². The van der Waals surface area contributed by atoms with Crippen molar-refractivity contribution in [3.05, 3.63) is 70.8 Å². The molecule has 1 radical (unpaired) electrons. The third-order valence-electron chi connectivity index (χ3n) is 3.14. The van der Waals surface area contributed by atoms with E-state index in [0.29, 0.717) is 5.56 Å². The van der Waals surface area contributed by atoms with Crippen molar-refractivity contribution in [1.82, 2.24) is 0 Å². The van der Waals surface area contributed by atoms with Gasteiger partial charge in [0.1, 0.15) is 12.8 Å². The van der Waals surface area contributed by atoms with Crippen LogP contribution in [0.3, 0.4) is 0 Å². The third-order valence-corrected chi connectivity index (χ3v) is 3.14. The highest BCUT2D eigenvalue weighted by Crippen LogP contribution is 2.29. The first-order valence-electron chi connectivity index (χ1n) is 6.82. The van der Waals surface area contributed by atoms with Crippen LogP contribution in [0.25, 0.3) is 0 Å². The van der Waals surface area contributed by atoms with E-state index < -0.39 is 11.7 Å². The summed E-state index contributed by atoms with van der Waals surface area (Å²) in [6, 6.07) is 12.5. The van der Waals surface area contributed by atoms with Crippen molar-refractivity contribution >= 4 is 6.21 Å². The van der Waals surface area contributed by atoms with Crippen molar-refractivity contribution in [3.8, 4) is 0 Å². The van der Waals surface area contributed by atoms with Crippen LogP contribution in [0.1, 0.15) is 29.2 Å². The second-order valence-electron chi connectivity index (χ2n) is 4.68. The lowest BCUT2D eigenvalue weighted by Crippen LogP contribution is -2.04. The maximum atomic E-state index is 12.4. The number of benzene rings is 2. The van der Waals surface area contributed by atoms with Crippen LogP contribution in [0.2, 0.25) is 0 Å². The molecular weight excluding hydrogens is 291 g/mol. The first-order valence-corrected chi connectivity index (χ1v) is 6.82. The van der Waals surface area contributed by atoms with E-state index in [0.717, 1.165) is 29.7 Å². The van der Waals surface area contributed by atoms with Crippen LogP contribution in [0.5, 0.6) is 0 Å². The van der Waals surface area contributed by atoms with Crippen LogP contribution in [0.15, 0.2) is 53.7 Å². The number of nitrogens with zero attached hydrogens (tertiary/aromatic N) is 1. The standard InChI is InChI=1S/C17H15F3NO/c1-2-14-5-3-4-6-15(14)11-21-22-12-13-7-9-16(10-8-13)17(18,19)20/h3-10H,2,12H2,1H3. The molecule has 0 saturated carbocycles. The van der Waals surface area contributed by atoms with Crippen LogP contribution in [0.4, 0.5) is 13.2 Å². The number of hydrogen-bond acceptors (Lipinski definition) is 2. The molecule has 0 N–H and O–H groups in total. The molecule has 0 saturated heterocycles. The van der Waals surface area contributed by atoms with Gasteiger partial charge in [-0.1, -0.05) is 48.5 Å². The molecule has 0 atom stereocenters. The zero-order valence-electron chi connectivity index (χ0n) is 12.0. The molecule has 0 aliphatic rings. The summed E-state index contributed by atoms with van der Waals surface area (Å²) in [4.78, 5) is 5.08. The third kappa shape index (κ3) is 4.35. The Balaban J connectivity index is 1.92. The Morgan fingerprint density at radius 2 is 1.73 bits per heavy atom. The lowest BCUT2D eigenvalue weighted by Gasteiger charge is -2.07. The van der Waals surface area contributed by atoms with Gasteiger partial charge in [0.15, 0.2) is 0 Å². The summed E-state index contributed by atoms with van der Waals surface area (Å²) in [5, 5.41) is 3.74. The van der Waals surface area contributed by atoms with Gasteiger partial charge in [0, 0.05) is 5.56 Å². The lowest BCUT2D eigenvalue weighted by molar-refractivity contribution is -0.137. The van der Waals surface area contributed by atoms with Crippen molar-refractivity contribution in [1.29, 1.82) is 0 Å². The minimum absolute atomic E-state index is 0.0967. The Kier molecular flexibility index (Phi) is 5.20. The second-order valence-corrected chi connectivity index (χ2v) is 4.68. The normalized spacial score (nSPS) is 11.8. The van der Waals surface area contributed by atoms with Crippen LogP contribution in [0, 0.1) is 0 Å². The Hall–Kier alpha value is -2.30. The molecular formula is C17H15F3NO. The molecule has 0 aliphatic heterocycles. The van der Waals surface area contributed by atoms with Crippen molar-refractivity contribution < 1.29 is 18.0 Å². The molecule has 2 aromatic rings. The highest BCUT2D eigenvalue weighted by atomic mass is 19.4. The summed E-state index contributed by atoms with van der Waals surface area (Å²) in [5.41, 5.74) is 1.88. The number of halogens is 3. The van der Waals surface area contributed by atoms with Crippen molar-refractivity contribution in [2.75, 3.05) is 0 Å². The molecule has 2 rings (SSSR count). The summed E-state index contributed by atoms with van der Waals surface area (Å²) >= 11 is 0. The van der Waals surface area contributed by atoms with Crippen molar-refractivity contribution in [2.45, 2.75) is 26.1 Å². The van der Waals surface area contributed by atoms with Gasteiger partial charge in [0.2, 0.25) is 0 Å². The smallest absolute Gasteiger partial charge is 0.390 e. The molecule has 5 heteroatoms. The molecule has 0 heterocycles. The van der Waals surface area contributed by atoms with E-state index in [1.807, 2.05) is 31.2 Å². The average Bonchev–Trinajstić information content (AvgIpc) is 2.51. The van der Waals surface area contributed by atoms with Gasteiger partial charge in [-0.05, 0) is 29.7 Å². The summed E-state index contributed by atoms with van der Waals surface area (Å²) in [6.45, 7) is 2.13. The first-order chi connectivity index (χ1) is 10.5. The number of hydrogen-bond donors (Lipinski definition) is 0. The van der Waals surface area contributed by atoms with Gasteiger partial charge in [-0.2, -0.15) is 13.2 Å². The Morgan fingerprint density at radius 3 is 2.36 bits per heavy atom. The van der Waals surface area contributed by atoms with E-state index in [4.69, 9.17) is 4.84 Å². The van der Waals surface area contributed by atoms with E-state index in [-0.39, 0.29) is 6.61 Å². The fraction of sp³-hybridized carbons (Fsp3) is 0.235. The lowest BCUT2D eigenvalue weighted by atomic mass is 10.1. The minimum atomic E-state index is -4.32. The molecule has 0 spiro atoms. The first kappa shape index (κ1) is 16.1. The monoisotopic (exact) mass is 306 g/mol. The summed E-state index contributed by atoms with van der Waals surface area (Å²) in [5.74, 6) is 0. The zero-order chi connectivity index (χ0) is 16.0. The van der Waals surface area contributed by atoms with Gasteiger partial charge in [-0.15, -0.1) is 0 Å².